The van der Waals surface area contributed by atoms with Crippen LogP contribution < -0.4 is 10.9 Å². The molecule has 27 heavy (non-hydrogen) atoms. The molecule has 2 atom stereocenters. The molecule has 144 valence electrons. The van der Waals surface area contributed by atoms with Crippen LogP contribution in [0, 0.1) is 4.77 Å². The lowest BCUT2D eigenvalue weighted by Gasteiger charge is -2.28. The van der Waals surface area contributed by atoms with Crippen molar-refractivity contribution in [3.05, 3.63) is 38.9 Å². The minimum absolute atomic E-state index is 0.0460. The number of aromatic nitrogens is 2. The van der Waals surface area contributed by atoms with Gasteiger partial charge in [0.15, 0.2) is 14.6 Å². The van der Waals surface area contributed by atoms with Gasteiger partial charge in [0.25, 0.3) is 11.5 Å². The quantitative estimate of drug-likeness (QED) is 0.640. The van der Waals surface area contributed by atoms with Gasteiger partial charge < -0.3 is 10.3 Å². The fourth-order valence-corrected chi connectivity index (χ4v) is 6.12. The molecule has 2 aromatic rings. The second-order valence-electron chi connectivity index (χ2n) is 7.14. The number of fused-ring (bicyclic) bond motifs is 1. The molecule has 3 N–H and O–H groups in total. The van der Waals surface area contributed by atoms with E-state index in [1.54, 1.807) is 18.2 Å². The van der Waals surface area contributed by atoms with Gasteiger partial charge >= 0.3 is 0 Å². The van der Waals surface area contributed by atoms with Crippen LogP contribution in [0.25, 0.3) is 10.9 Å². The van der Waals surface area contributed by atoms with E-state index in [-0.39, 0.29) is 33.8 Å². The lowest BCUT2D eigenvalue weighted by molar-refractivity contribution is 0.0919. The van der Waals surface area contributed by atoms with Crippen molar-refractivity contribution in [3.63, 3.8) is 0 Å². The number of amides is 1. The van der Waals surface area contributed by atoms with Crippen molar-refractivity contribution in [2.75, 3.05) is 24.6 Å². The number of hydrogen-bond acceptors (Lipinski definition) is 6. The molecule has 4 rings (SSSR count). The van der Waals surface area contributed by atoms with Crippen LogP contribution in [-0.4, -0.2) is 65.9 Å². The number of benzene rings is 1. The Balaban J connectivity index is 1.60. The van der Waals surface area contributed by atoms with Gasteiger partial charge in [-0.05, 0) is 56.3 Å². The first-order valence-corrected chi connectivity index (χ1v) is 11.1. The van der Waals surface area contributed by atoms with Gasteiger partial charge in [-0.2, -0.15) is 0 Å². The number of carbonyl (C=O) groups excluding carboxylic acids is 1. The molecular weight excluding hydrogens is 388 g/mol. The third kappa shape index (κ3) is 3.69. The second-order valence-corrected chi connectivity index (χ2v) is 9.70. The summed E-state index contributed by atoms with van der Waals surface area (Å²) in [4.78, 5) is 32.2. The van der Waals surface area contributed by atoms with E-state index in [1.165, 1.54) is 0 Å². The summed E-state index contributed by atoms with van der Waals surface area (Å²) in [5, 5.41) is 3.29. The molecule has 2 aliphatic heterocycles. The summed E-state index contributed by atoms with van der Waals surface area (Å²) in [5.74, 6) is -0.323. The molecule has 2 aliphatic rings. The monoisotopic (exact) mass is 408 g/mol. The van der Waals surface area contributed by atoms with Crippen LogP contribution in [0.15, 0.2) is 23.0 Å². The number of nitrogens with zero attached hydrogens (tertiary/aromatic N) is 1. The van der Waals surface area contributed by atoms with Gasteiger partial charge in [-0.25, -0.2) is 8.42 Å². The fourth-order valence-electron chi connectivity index (χ4n) is 3.96. The summed E-state index contributed by atoms with van der Waals surface area (Å²) in [6.07, 6.45) is 2.10. The predicted octanol–water partition coefficient (Wildman–Crippen LogP) is 0.577. The maximum Gasteiger partial charge on any atom is 0.259 e. The highest BCUT2D eigenvalue weighted by Gasteiger charge is 2.42. The first-order chi connectivity index (χ1) is 12.8. The van der Waals surface area contributed by atoms with Gasteiger partial charge in [-0.15, -0.1) is 0 Å². The average molecular weight is 409 g/mol. The molecule has 0 aliphatic carbocycles. The lowest BCUT2D eigenvalue weighted by atomic mass is 10.1. The number of carbonyl (C=O) groups is 1. The van der Waals surface area contributed by atoms with Crippen LogP contribution in [-0.2, 0) is 9.84 Å². The molecule has 1 aromatic heterocycles. The molecule has 3 heterocycles. The minimum Gasteiger partial charge on any atom is -0.347 e. The van der Waals surface area contributed by atoms with Gasteiger partial charge in [-0.3, -0.25) is 19.5 Å². The van der Waals surface area contributed by atoms with Crippen molar-refractivity contribution >= 4 is 38.9 Å². The molecule has 2 fully saturated rings. The first kappa shape index (κ1) is 18.3. The van der Waals surface area contributed by atoms with Crippen LogP contribution in [0.1, 0.15) is 23.2 Å². The standard InChI is InChI=1S/C17H20N4O4S2/c22-15(10-3-4-11-12(7-10)19-17(26)20-16(11)23)18-13-8-27(24,25)9-14(13)21-5-1-2-6-21/h3-4,7,13-14H,1-2,5-6,8-9H2,(H,18,22)(H2,19,20,23,26). The van der Waals surface area contributed by atoms with Gasteiger partial charge in [0.2, 0.25) is 0 Å². The Bertz CT molecular complexity index is 1120. The van der Waals surface area contributed by atoms with Crippen LogP contribution in [0.4, 0.5) is 0 Å². The normalized spacial score (nSPS) is 25.0. The third-order valence-electron chi connectivity index (χ3n) is 5.25. The SMILES string of the molecule is O=C(NC1CS(=O)(=O)CC1N1CCCC1)c1ccc2c(=O)[nH]c(=S)[nH]c2c1. The number of aromatic amines is 2. The van der Waals surface area contributed by atoms with E-state index in [4.69, 9.17) is 12.2 Å². The van der Waals surface area contributed by atoms with Crippen LogP contribution >= 0.6 is 12.2 Å². The number of hydrogen-bond donors (Lipinski definition) is 3. The van der Waals surface area contributed by atoms with E-state index >= 15 is 0 Å². The van der Waals surface area contributed by atoms with Crippen molar-refractivity contribution in [1.82, 2.24) is 20.2 Å². The molecule has 0 spiro atoms. The van der Waals surface area contributed by atoms with E-state index in [9.17, 15) is 18.0 Å². The number of likely N-dealkylation sites (tertiary alicyclic amines) is 1. The minimum atomic E-state index is -3.18. The number of sulfone groups is 1. The zero-order valence-electron chi connectivity index (χ0n) is 14.5. The van der Waals surface area contributed by atoms with Crippen molar-refractivity contribution in [1.29, 1.82) is 0 Å². The van der Waals surface area contributed by atoms with Crippen LogP contribution in [0.2, 0.25) is 0 Å². The summed E-state index contributed by atoms with van der Waals surface area (Å²) < 4.78 is 24.5. The highest BCUT2D eigenvalue weighted by Crippen LogP contribution is 2.23. The summed E-state index contributed by atoms with van der Waals surface area (Å²) in [5.41, 5.74) is 0.492. The third-order valence-corrected chi connectivity index (χ3v) is 7.17. The van der Waals surface area contributed by atoms with Crippen LogP contribution in [0.3, 0.4) is 0 Å². The molecular formula is C17H20N4O4S2. The smallest absolute Gasteiger partial charge is 0.259 e. The lowest BCUT2D eigenvalue weighted by Crippen LogP contribution is -2.50. The first-order valence-electron chi connectivity index (χ1n) is 8.84. The van der Waals surface area contributed by atoms with E-state index in [0.717, 1.165) is 25.9 Å². The molecule has 0 saturated carbocycles. The van der Waals surface area contributed by atoms with E-state index in [1.807, 2.05) is 0 Å². The van der Waals surface area contributed by atoms with Crippen LogP contribution in [0.5, 0.6) is 0 Å². The molecule has 0 bridgehead atoms. The topological polar surface area (TPSA) is 115 Å². The Hall–Kier alpha value is -2.04. The average Bonchev–Trinajstić information content (AvgIpc) is 3.21. The van der Waals surface area contributed by atoms with Gasteiger partial charge in [0, 0.05) is 11.6 Å². The predicted molar refractivity (Wildman–Crippen MR) is 104 cm³/mol. The Kier molecular flexibility index (Phi) is 4.65. The van der Waals surface area contributed by atoms with E-state index in [0.29, 0.717) is 16.5 Å². The Labute approximate surface area is 160 Å². The van der Waals surface area contributed by atoms with Crippen molar-refractivity contribution in [2.24, 2.45) is 0 Å². The van der Waals surface area contributed by atoms with E-state index < -0.39 is 15.9 Å². The second kappa shape index (κ2) is 6.84. The highest BCUT2D eigenvalue weighted by atomic mass is 32.2. The summed E-state index contributed by atoms with van der Waals surface area (Å²) in [7, 11) is -3.18. The summed E-state index contributed by atoms with van der Waals surface area (Å²) in [6, 6.07) is 4.05. The molecule has 0 radical (unpaired) electrons. The van der Waals surface area contributed by atoms with E-state index in [2.05, 4.69) is 20.2 Å². The zero-order chi connectivity index (χ0) is 19.2. The molecule has 10 heteroatoms. The Morgan fingerprint density at radius 3 is 2.67 bits per heavy atom. The van der Waals surface area contributed by atoms with Crippen molar-refractivity contribution < 1.29 is 13.2 Å². The maximum absolute atomic E-state index is 12.7. The molecule has 8 nitrogen and oxygen atoms in total. The summed E-state index contributed by atoms with van der Waals surface area (Å²) in [6.45, 7) is 1.73. The van der Waals surface area contributed by atoms with Gasteiger partial charge in [0.1, 0.15) is 0 Å². The highest BCUT2D eigenvalue weighted by molar-refractivity contribution is 7.91. The Morgan fingerprint density at radius 2 is 1.93 bits per heavy atom. The fraction of sp³-hybridized carbons (Fsp3) is 0.471. The number of rotatable bonds is 3. The van der Waals surface area contributed by atoms with Gasteiger partial charge in [-0.1, -0.05) is 0 Å². The van der Waals surface area contributed by atoms with Gasteiger partial charge in [0.05, 0.1) is 28.5 Å². The maximum atomic E-state index is 12.7. The zero-order valence-corrected chi connectivity index (χ0v) is 16.2. The number of H-pyrrole nitrogens is 2. The molecule has 2 saturated heterocycles. The Morgan fingerprint density at radius 1 is 1.19 bits per heavy atom. The van der Waals surface area contributed by atoms with Crippen molar-refractivity contribution in [2.45, 2.75) is 24.9 Å². The largest absolute Gasteiger partial charge is 0.347 e. The molecule has 2 unspecified atom stereocenters. The molecule has 1 amide bonds. The van der Waals surface area contributed by atoms with Crippen molar-refractivity contribution in [3.8, 4) is 0 Å². The summed E-state index contributed by atoms with van der Waals surface area (Å²) >= 11 is 4.97. The molecule has 1 aromatic carbocycles. The number of nitrogens with one attached hydrogen (secondary N) is 3.